The lowest BCUT2D eigenvalue weighted by molar-refractivity contribution is 0.102. The first-order valence-corrected chi connectivity index (χ1v) is 10.6. The Morgan fingerprint density at radius 2 is 1.81 bits per heavy atom. The zero-order valence-electron chi connectivity index (χ0n) is 17.4. The standard InChI is InChI=1S/C23H24ClN7O/c1-16(27-18-6-3-2-5-17(18)24)28-22-8-4-7-19(29-22)23(32)30-20-15-26-10-9-21(20)31-13-11-25-12-14-31/h2-10,15,25,27H,1,11-14H2,(H,28,29)(H,30,32). The van der Waals surface area contributed by atoms with Crippen LogP contribution >= 0.6 is 11.6 Å². The van der Waals surface area contributed by atoms with Gasteiger partial charge in [-0.3, -0.25) is 9.78 Å². The number of hydrogen-bond acceptors (Lipinski definition) is 7. The normalized spacial score (nSPS) is 13.3. The molecule has 0 atom stereocenters. The molecule has 1 aliphatic heterocycles. The van der Waals surface area contributed by atoms with E-state index in [-0.39, 0.29) is 11.6 Å². The van der Waals surface area contributed by atoms with Crippen LogP contribution in [0.4, 0.5) is 22.9 Å². The number of para-hydroxylation sites is 1. The summed E-state index contributed by atoms with van der Waals surface area (Å²) in [4.78, 5) is 23.7. The molecule has 164 valence electrons. The van der Waals surface area contributed by atoms with Gasteiger partial charge in [0, 0.05) is 32.4 Å². The van der Waals surface area contributed by atoms with E-state index in [1.807, 2.05) is 24.3 Å². The molecule has 4 rings (SSSR count). The Morgan fingerprint density at radius 1 is 1.00 bits per heavy atom. The number of carbonyl (C=O) groups excluding carboxylic acids is 1. The van der Waals surface area contributed by atoms with E-state index in [9.17, 15) is 4.79 Å². The van der Waals surface area contributed by atoms with Crippen LogP contribution in [-0.4, -0.2) is 42.1 Å². The van der Waals surface area contributed by atoms with Gasteiger partial charge >= 0.3 is 0 Å². The topological polar surface area (TPSA) is 94.2 Å². The Balaban J connectivity index is 1.44. The number of carbonyl (C=O) groups is 1. The minimum atomic E-state index is -0.317. The average molecular weight is 450 g/mol. The van der Waals surface area contributed by atoms with Gasteiger partial charge in [0.15, 0.2) is 0 Å². The number of anilines is 4. The summed E-state index contributed by atoms with van der Waals surface area (Å²) < 4.78 is 0. The highest BCUT2D eigenvalue weighted by atomic mass is 35.5. The predicted octanol–water partition coefficient (Wildman–Crippen LogP) is 3.79. The average Bonchev–Trinajstić information content (AvgIpc) is 2.81. The summed E-state index contributed by atoms with van der Waals surface area (Å²) in [5, 5.41) is 13.0. The Kier molecular flexibility index (Phi) is 6.84. The molecule has 0 bridgehead atoms. The fourth-order valence-corrected chi connectivity index (χ4v) is 3.58. The van der Waals surface area contributed by atoms with E-state index in [4.69, 9.17) is 11.6 Å². The zero-order chi connectivity index (χ0) is 22.3. The van der Waals surface area contributed by atoms with Crippen molar-refractivity contribution in [3.63, 3.8) is 0 Å². The van der Waals surface area contributed by atoms with Crippen molar-refractivity contribution in [1.29, 1.82) is 0 Å². The second kappa shape index (κ2) is 10.1. The number of nitrogens with one attached hydrogen (secondary N) is 4. The van der Waals surface area contributed by atoms with Gasteiger partial charge in [-0.15, -0.1) is 0 Å². The SMILES string of the molecule is C=C(Nc1cccc(C(=O)Nc2cnccc2N2CCNCC2)n1)Nc1ccccc1Cl. The molecule has 0 radical (unpaired) electrons. The molecule has 8 nitrogen and oxygen atoms in total. The third-order valence-electron chi connectivity index (χ3n) is 4.92. The fraction of sp³-hybridized carbons (Fsp3) is 0.174. The van der Waals surface area contributed by atoms with Crippen LogP contribution in [0.2, 0.25) is 5.02 Å². The summed E-state index contributed by atoms with van der Waals surface area (Å²) in [5.41, 5.74) is 2.60. The van der Waals surface area contributed by atoms with Crippen LogP contribution < -0.4 is 26.2 Å². The molecular formula is C23H24ClN7O. The second-order valence-corrected chi connectivity index (χ2v) is 7.61. The number of halogens is 1. The lowest BCUT2D eigenvalue weighted by atomic mass is 10.2. The summed E-state index contributed by atoms with van der Waals surface area (Å²) in [6.07, 6.45) is 3.39. The number of nitrogens with zero attached hydrogens (tertiary/aromatic N) is 3. The second-order valence-electron chi connectivity index (χ2n) is 7.20. The van der Waals surface area contributed by atoms with Crippen LogP contribution in [0.15, 0.2) is 73.3 Å². The molecule has 3 aromatic rings. The Morgan fingerprint density at radius 3 is 2.62 bits per heavy atom. The lowest BCUT2D eigenvalue weighted by Crippen LogP contribution is -2.43. The molecule has 1 aromatic carbocycles. The molecule has 0 spiro atoms. The minimum absolute atomic E-state index is 0.274. The van der Waals surface area contributed by atoms with Gasteiger partial charge < -0.3 is 26.2 Å². The molecular weight excluding hydrogens is 426 g/mol. The number of aromatic nitrogens is 2. The third kappa shape index (κ3) is 5.35. The number of benzene rings is 1. The van der Waals surface area contributed by atoms with E-state index in [0.29, 0.717) is 22.3 Å². The summed E-state index contributed by atoms with van der Waals surface area (Å²) in [7, 11) is 0. The highest BCUT2D eigenvalue weighted by Crippen LogP contribution is 2.25. The molecule has 0 unspecified atom stereocenters. The van der Waals surface area contributed by atoms with Crippen LogP contribution in [-0.2, 0) is 0 Å². The zero-order valence-corrected chi connectivity index (χ0v) is 18.2. The first-order chi connectivity index (χ1) is 15.6. The van der Waals surface area contributed by atoms with Gasteiger partial charge in [-0.1, -0.05) is 36.4 Å². The smallest absolute Gasteiger partial charge is 0.274 e. The van der Waals surface area contributed by atoms with E-state index in [0.717, 1.165) is 37.6 Å². The van der Waals surface area contributed by atoms with Crippen molar-refractivity contribution >= 4 is 40.4 Å². The van der Waals surface area contributed by atoms with Gasteiger partial charge in [-0.05, 0) is 30.3 Å². The van der Waals surface area contributed by atoms with Crippen LogP contribution in [0, 0.1) is 0 Å². The Hall–Kier alpha value is -3.62. The van der Waals surface area contributed by atoms with E-state index in [1.165, 1.54) is 0 Å². The van der Waals surface area contributed by atoms with Crippen LogP contribution in [0.25, 0.3) is 0 Å². The van der Waals surface area contributed by atoms with Crippen molar-refractivity contribution in [3.05, 3.63) is 84.0 Å². The number of amides is 1. The number of rotatable bonds is 7. The molecule has 1 amide bonds. The van der Waals surface area contributed by atoms with E-state index in [1.54, 1.807) is 36.7 Å². The maximum atomic E-state index is 12.9. The molecule has 9 heteroatoms. The monoisotopic (exact) mass is 449 g/mol. The highest BCUT2D eigenvalue weighted by Gasteiger charge is 2.17. The highest BCUT2D eigenvalue weighted by molar-refractivity contribution is 6.33. The first-order valence-electron chi connectivity index (χ1n) is 10.3. The molecule has 1 aliphatic rings. The largest absolute Gasteiger partial charge is 0.367 e. The van der Waals surface area contributed by atoms with Gasteiger partial charge in [0.05, 0.1) is 28.3 Å². The minimum Gasteiger partial charge on any atom is -0.367 e. The number of pyridine rings is 2. The fourth-order valence-electron chi connectivity index (χ4n) is 3.39. The quantitative estimate of drug-likeness (QED) is 0.436. The van der Waals surface area contributed by atoms with Crippen molar-refractivity contribution in [2.24, 2.45) is 0 Å². The number of piperazine rings is 1. The maximum Gasteiger partial charge on any atom is 0.274 e. The van der Waals surface area contributed by atoms with E-state index >= 15 is 0 Å². The molecule has 1 fully saturated rings. The van der Waals surface area contributed by atoms with Crippen molar-refractivity contribution in [3.8, 4) is 0 Å². The van der Waals surface area contributed by atoms with Crippen LogP contribution in [0.5, 0.6) is 0 Å². The Labute approximate surface area is 191 Å². The Bertz CT molecular complexity index is 1110. The van der Waals surface area contributed by atoms with Gasteiger partial charge in [-0.2, -0.15) is 0 Å². The van der Waals surface area contributed by atoms with Crippen molar-refractivity contribution in [2.45, 2.75) is 0 Å². The summed E-state index contributed by atoms with van der Waals surface area (Å²) in [5.74, 6) is 0.648. The summed E-state index contributed by atoms with van der Waals surface area (Å²) in [6.45, 7) is 7.48. The lowest BCUT2D eigenvalue weighted by Gasteiger charge is -2.30. The van der Waals surface area contributed by atoms with E-state index < -0.39 is 0 Å². The van der Waals surface area contributed by atoms with Crippen LogP contribution in [0.3, 0.4) is 0 Å². The molecule has 32 heavy (non-hydrogen) atoms. The van der Waals surface area contributed by atoms with Gasteiger partial charge in [-0.25, -0.2) is 4.98 Å². The van der Waals surface area contributed by atoms with E-state index in [2.05, 4.69) is 42.7 Å². The van der Waals surface area contributed by atoms with Crippen molar-refractivity contribution in [1.82, 2.24) is 15.3 Å². The molecule has 1 saturated heterocycles. The molecule has 4 N–H and O–H groups in total. The molecule has 0 saturated carbocycles. The molecule has 3 heterocycles. The van der Waals surface area contributed by atoms with Gasteiger partial charge in [0.25, 0.3) is 5.91 Å². The number of hydrogen-bond donors (Lipinski definition) is 4. The maximum absolute atomic E-state index is 12.9. The van der Waals surface area contributed by atoms with Crippen molar-refractivity contribution in [2.75, 3.05) is 47.0 Å². The third-order valence-corrected chi connectivity index (χ3v) is 5.25. The predicted molar refractivity (Wildman–Crippen MR) is 129 cm³/mol. The van der Waals surface area contributed by atoms with Gasteiger partial charge in [0.2, 0.25) is 0 Å². The first kappa shape index (κ1) is 21.6. The van der Waals surface area contributed by atoms with Gasteiger partial charge in [0.1, 0.15) is 17.3 Å². The molecule has 2 aromatic heterocycles. The van der Waals surface area contributed by atoms with Crippen LogP contribution in [0.1, 0.15) is 10.5 Å². The summed E-state index contributed by atoms with van der Waals surface area (Å²) >= 11 is 6.17. The van der Waals surface area contributed by atoms with Crippen molar-refractivity contribution < 1.29 is 4.79 Å². The molecule has 0 aliphatic carbocycles. The summed E-state index contributed by atoms with van der Waals surface area (Å²) in [6, 6.07) is 14.4.